The molecule has 0 spiro atoms. The van der Waals surface area contributed by atoms with E-state index in [1.54, 1.807) is 0 Å². The van der Waals surface area contributed by atoms with Crippen molar-refractivity contribution in [1.82, 2.24) is 14.5 Å². The molecule has 0 aliphatic heterocycles. The third-order valence-corrected chi connectivity index (χ3v) is 6.72. The highest BCUT2D eigenvalue weighted by Gasteiger charge is 2.15. The number of unbranched alkanes of at least 4 members (excludes halogenated alkanes) is 2. The zero-order valence-electron chi connectivity index (χ0n) is 16.0. The summed E-state index contributed by atoms with van der Waals surface area (Å²) in [5, 5.41) is 1.08. The normalized spacial score (nSPS) is 11.8. The van der Waals surface area contributed by atoms with Crippen LogP contribution in [0, 0.1) is 0 Å². The van der Waals surface area contributed by atoms with Crippen LogP contribution in [-0.2, 0) is 11.5 Å². The fourth-order valence-electron chi connectivity index (χ4n) is 2.42. The van der Waals surface area contributed by atoms with E-state index in [4.69, 9.17) is 4.74 Å². The number of pyridine rings is 1. The van der Waals surface area contributed by atoms with Crippen molar-refractivity contribution < 1.29 is 4.74 Å². The Morgan fingerprint density at radius 2 is 2.08 bits per heavy atom. The van der Waals surface area contributed by atoms with Gasteiger partial charge in [0.1, 0.15) is 11.8 Å². The highest BCUT2D eigenvalue weighted by atomic mass is 32.2. The van der Waals surface area contributed by atoms with Crippen LogP contribution in [0.5, 0.6) is 0 Å². The maximum absolute atomic E-state index is 5.94. The minimum atomic E-state index is -1.06. The van der Waals surface area contributed by atoms with Crippen LogP contribution >= 0.6 is 11.8 Å². The van der Waals surface area contributed by atoms with Gasteiger partial charge in [0.25, 0.3) is 0 Å². The van der Waals surface area contributed by atoms with Crippen molar-refractivity contribution in [3.63, 3.8) is 0 Å². The SMILES string of the molecule is CCCCCSc1ncn(COCC[Si](C)(C)C)c1-c1cccnc1. The zero-order valence-corrected chi connectivity index (χ0v) is 17.8. The third-order valence-electron chi connectivity index (χ3n) is 3.95. The van der Waals surface area contributed by atoms with Gasteiger partial charge < -0.3 is 9.30 Å². The Balaban J connectivity index is 2.06. The number of hydrogen-bond acceptors (Lipinski definition) is 4. The van der Waals surface area contributed by atoms with E-state index in [0.29, 0.717) is 6.73 Å². The minimum absolute atomic E-state index is 0.553. The first-order valence-corrected chi connectivity index (χ1v) is 13.9. The molecule has 25 heavy (non-hydrogen) atoms. The minimum Gasteiger partial charge on any atom is -0.361 e. The number of rotatable bonds is 11. The van der Waals surface area contributed by atoms with E-state index in [1.807, 2.05) is 36.5 Å². The first-order valence-electron chi connectivity index (χ1n) is 9.17. The summed E-state index contributed by atoms with van der Waals surface area (Å²) in [7, 11) is -1.06. The summed E-state index contributed by atoms with van der Waals surface area (Å²) in [6, 6.07) is 5.26. The number of ether oxygens (including phenoxy) is 1. The average Bonchev–Trinajstić information content (AvgIpc) is 2.98. The van der Waals surface area contributed by atoms with Gasteiger partial charge in [0, 0.05) is 32.6 Å². The predicted octanol–water partition coefficient (Wildman–Crippen LogP) is 5.54. The van der Waals surface area contributed by atoms with Gasteiger partial charge in [-0.05, 0) is 30.4 Å². The molecule has 2 heterocycles. The van der Waals surface area contributed by atoms with Crippen LogP contribution in [0.15, 0.2) is 35.9 Å². The second-order valence-electron chi connectivity index (χ2n) is 7.51. The third kappa shape index (κ3) is 6.96. The largest absolute Gasteiger partial charge is 0.361 e. The zero-order chi connectivity index (χ0) is 18.1. The molecule has 2 aromatic rings. The van der Waals surface area contributed by atoms with Gasteiger partial charge in [0.05, 0.1) is 12.0 Å². The molecule has 0 saturated carbocycles. The molecule has 138 valence electrons. The fourth-order valence-corrected chi connectivity index (χ4v) is 4.21. The predicted molar refractivity (Wildman–Crippen MR) is 110 cm³/mol. The van der Waals surface area contributed by atoms with Crippen LogP contribution in [0.4, 0.5) is 0 Å². The summed E-state index contributed by atoms with van der Waals surface area (Å²) in [5.74, 6) is 1.11. The van der Waals surface area contributed by atoms with Crippen molar-refractivity contribution in [3.05, 3.63) is 30.9 Å². The molecule has 0 amide bonds. The van der Waals surface area contributed by atoms with Gasteiger partial charge in [-0.1, -0.05) is 39.4 Å². The van der Waals surface area contributed by atoms with Gasteiger partial charge in [0.2, 0.25) is 0 Å². The molecule has 6 heteroatoms. The van der Waals surface area contributed by atoms with Crippen LogP contribution in [-0.4, -0.2) is 35.0 Å². The molecule has 0 aliphatic carbocycles. The highest BCUT2D eigenvalue weighted by molar-refractivity contribution is 7.99. The molecule has 0 atom stereocenters. The van der Waals surface area contributed by atoms with E-state index in [2.05, 4.69) is 47.2 Å². The Kier molecular flexibility index (Phi) is 8.19. The lowest BCUT2D eigenvalue weighted by Gasteiger charge is -2.16. The molecule has 0 saturated heterocycles. The molecule has 0 unspecified atom stereocenters. The molecule has 2 rings (SSSR count). The van der Waals surface area contributed by atoms with Gasteiger partial charge >= 0.3 is 0 Å². The first kappa shape index (κ1) is 20.2. The smallest absolute Gasteiger partial charge is 0.124 e. The molecule has 0 aromatic carbocycles. The Morgan fingerprint density at radius 3 is 2.76 bits per heavy atom. The Morgan fingerprint density at radius 1 is 1.24 bits per heavy atom. The van der Waals surface area contributed by atoms with Crippen molar-refractivity contribution >= 4 is 19.8 Å². The van der Waals surface area contributed by atoms with E-state index in [0.717, 1.165) is 28.6 Å². The maximum Gasteiger partial charge on any atom is 0.124 e. The molecule has 0 fully saturated rings. The van der Waals surface area contributed by atoms with Crippen LogP contribution in [0.25, 0.3) is 11.3 Å². The number of imidazole rings is 1. The highest BCUT2D eigenvalue weighted by Crippen LogP contribution is 2.31. The molecule has 2 aromatic heterocycles. The fraction of sp³-hybridized carbons (Fsp3) is 0.579. The summed E-state index contributed by atoms with van der Waals surface area (Å²) in [5.41, 5.74) is 2.23. The topological polar surface area (TPSA) is 39.9 Å². The second-order valence-corrected chi connectivity index (χ2v) is 14.2. The van der Waals surface area contributed by atoms with Crippen molar-refractivity contribution in [2.75, 3.05) is 12.4 Å². The summed E-state index contributed by atoms with van der Waals surface area (Å²) >= 11 is 1.84. The molecule has 0 N–H and O–H groups in total. The molecule has 0 radical (unpaired) electrons. The quantitative estimate of drug-likeness (QED) is 0.293. The Labute approximate surface area is 157 Å². The molecular weight excluding hydrogens is 346 g/mol. The Hall–Kier alpha value is -1.11. The van der Waals surface area contributed by atoms with Gasteiger partial charge in [-0.2, -0.15) is 0 Å². The second kappa shape index (κ2) is 10.1. The van der Waals surface area contributed by atoms with E-state index in [1.165, 1.54) is 25.3 Å². The van der Waals surface area contributed by atoms with Gasteiger partial charge in [-0.15, -0.1) is 11.8 Å². The van der Waals surface area contributed by atoms with E-state index in [-0.39, 0.29) is 0 Å². The Bertz CT molecular complexity index is 625. The average molecular weight is 378 g/mol. The summed E-state index contributed by atoms with van der Waals surface area (Å²) in [4.78, 5) is 8.92. The van der Waals surface area contributed by atoms with E-state index in [9.17, 15) is 0 Å². The van der Waals surface area contributed by atoms with Crippen LogP contribution < -0.4 is 0 Å². The maximum atomic E-state index is 5.94. The molecular formula is C19H31N3OSSi. The van der Waals surface area contributed by atoms with Gasteiger partial charge in [0.15, 0.2) is 0 Å². The molecule has 4 nitrogen and oxygen atoms in total. The van der Waals surface area contributed by atoms with E-state index >= 15 is 0 Å². The van der Waals surface area contributed by atoms with Crippen LogP contribution in [0.2, 0.25) is 25.7 Å². The summed E-state index contributed by atoms with van der Waals surface area (Å²) in [6.45, 7) is 10.7. The monoisotopic (exact) mass is 377 g/mol. The van der Waals surface area contributed by atoms with Gasteiger partial charge in [-0.3, -0.25) is 4.98 Å². The number of thioether (sulfide) groups is 1. The number of hydrogen-bond donors (Lipinski definition) is 0. The number of aromatic nitrogens is 3. The van der Waals surface area contributed by atoms with Crippen molar-refractivity contribution in [1.29, 1.82) is 0 Å². The van der Waals surface area contributed by atoms with E-state index < -0.39 is 8.07 Å². The molecule has 0 bridgehead atoms. The van der Waals surface area contributed by atoms with Crippen molar-refractivity contribution in [2.24, 2.45) is 0 Å². The number of nitrogens with zero attached hydrogens (tertiary/aromatic N) is 3. The van der Waals surface area contributed by atoms with Crippen LogP contribution in [0.3, 0.4) is 0 Å². The summed E-state index contributed by atoms with van der Waals surface area (Å²) < 4.78 is 8.06. The van der Waals surface area contributed by atoms with Crippen molar-refractivity contribution in [2.45, 2.75) is 63.6 Å². The molecule has 0 aliphatic rings. The lowest BCUT2D eigenvalue weighted by atomic mass is 10.2. The lowest BCUT2D eigenvalue weighted by Crippen LogP contribution is -2.22. The van der Waals surface area contributed by atoms with Crippen molar-refractivity contribution in [3.8, 4) is 11.3 Å². The lowest BCUT2D eigenvalue weighted by molar-refractivity contribution is 0.0881. The first-order chi connectivity index (χ1) is 12.0. The summed E-state index contributed by atoms with van der Waals surface area (Å²) in [6.07, 6.45) is 9.37. The van der Waals surface area contributed by atoms with Crippen LogP contribution in [0.1, 0.15) is 26.2 Å². The standard InChI is InChI=1S/C19H31N3OSSi/c1-5-6-7-12-24-19-18(17-9-8-10-20-14-17)22(15-21-19)16-23-11-13-25(2,3)4/h8-10,14-15H,5-7,11-13,16H2,1-4H3. The van der Waals surface area contributed by atoms with Gasteiger partial charge in [-0.25, -0.2) is 4.98 Å².